The van der Waals surface area contributed by atoms with E-state index in [-0.39, 0.29) is 34.5 Å². The Hall–Kier alpha value is -0.590. The average molecular weight is 245 g/mol. The molecule has 4 nitrogen and oxygen atoms in total. The molecule has 0 saturated heterocycles. The third kappa shape index (κ3) is 2.39. The second-order valence-corrected chi connectivity index (χ2v) is 4.50. The summed E-state index contributed by atoms with van der Waals surface area (Å²) in [5.41, 5.74) is 6.13. The van der Waals surface area contributed by atoms with Gasteiger partial charge in [-0.2, -0.15) is 0 Å². The van der Waals surface area contributed by atoms with Gasteiger partial charge in [0.1, 0.15) is 10.1 Å². The summed E-state index contributed by atoms with van der Waals surface area (Å²) in [6.45, 7) is 0. The van der Waals surface area contributed by atoms with E-state index < -0.39 is 10.1 Å². The van der Waals surface area contributed by atoms with E-state index in [1.165, 1.54) is 12.1 Å². The summed E-state index contributed by atoms with van der Waals surface area (Å²) in [6, 6.07) is 9.30. The van der Waals surface area contributed by atoms with Gasteiger partial charge < -0.3 is 10.3 Å². The van der Waals surface area contributed by atoms with Crippen LogP contribution in [0.3, 0.4) is 0 Å². The van der Waals surface area contributed by atoms with Crippen LogP contribution in [0.1, 0.15) is 0 Å². The molecule has 0 aliphatic rings. The van der Waals surface area contributed by atoms with Crippen LogP contribution in [0.2, 0.25) is 0 Å². The first-order chi connectivity index (χ1) is 7.00. The molecule has 0 aliphatic carbocycles. The Morgan fingerprint density at radius 3 is 2.12 bits per heavy atom. The van der Waals surface area contributed by atoms with Gasteiger partial charge >= 0.3 is 29.6 Å². The maximum Gasteiger partial charge on any atom is 1.00 e. The summed E-state index contributed by atoms with van der Waals surface area (Å²) >= 11 is 0. The molecule has 0 bridgehead atoms. The van der Waals surface area contributed by atoms with Crippen LogP contribution in [0.25, 0.3) is 10.8 Å². The summed E-state index contributed by atoms with van der Waals surface area (Å²) in [4.78, 5) is -0.229. The Labute approximate surface area is 115 Å². The van der Waals surface area contributed by atoms with E-state index in [9.17, 15) is 13.0 Å². The van der Waals surface area contributed by atoms with E-state index in [1.807, 2.05) is 0 Å². The van der Waals surface area contributed by atoms with Crippen LogP contribution in [0, 0.1) is 0 Å². The fraction of sp³-hybridized carbons (Fsp3) is 0. The van der Waals surface area contributed by atoms with Crippen LogP contribution in [0.4, 0.5) is 5.69 Å². The first-order valence-corrected chi connectivity index (χ1v) is 5.64. The standard InChI is InChI=1S/C10H9NO3S.Na/c11-9-5-6-10(15(12,13)14)8-4-2-1-3-7(8)9;/h1-6H,11H2,(H,12,13,14);/q;+1/p-1. The second-order valence-electron chi connectivity index (χ2n) is 3.15. The molecule has 0 saturated carbocycles. The van der Waals surface area contributed by atoms with Gasteiger partial charge in [0, 0.05) is 16.5 Å². The number of rotatable bonds is 1. The van der Waals surface area contributed by atoms with Crippen LogP contribution < -0.4 is 35.3 Å². The summed E-state index contributed by atoms with van der Waals surface area (Å²) in [5.74, 6) is 0. The van der Waals surface area contributed by atoms with Crippen LogP contribution in [-0.2, 0) is 10.1 Å². The SMILES string of the molecule is Nc1ccc(S(=O)(=O)[O-])c2ccccc12.[Na+]. The Balaban J connectivity index is 0.00000128. The number of nitrogen functional groups attached to an aromatic ring is 1. The number of hydrogen-bond acceptors (Lipinski definition) is 4. The van der Waals surface area contributed by atoms with Gasteiger partial charge in [-0.05, 0) is 12.1 Å². The molecule has 2 aromatic rings. The first-order valence-electron chi connectivity index (χ1n) is 4.23. The topological polar surface area (TPSA) is 83.2 Å². The van der Waals surface area contributed by atoms with Gasteiger partial charge in [-0.1, -0.05) is 24.3 Å². The van der Waals surface area contributed by atoms with E-state index in [4.69, 9.17) is 5.73 Å². The van der Waals surface area contributed by atoms with Crippen molar-refractivity contribution < 1.29 is 42.5 Å². The zero-order valence-electron chi connectivity index (χ0n) is 8.67. The molecule has 2 N–H and O–H groups in total. The maximum absolute atomic E-state index is 11.0. The third-order valence-corrected chi connectivity index (χ3v) is 3.08. The predicted octanol–water partition coefficient (Wildman–Crippen LogP) is -1.67. The third-order valence-electron chi connectivity index (χ3n) is 2.19. The molecule has 6 heteroatoms. The van der Waals surface area contributed by atoms with Crippen molar-refractivity contribution in [3.05, 3.63) is 36.4 Å². The minimum absolute atomic E-state index is 0. The number of benzene rings is 2. The van der Waals surface area contributed by atoms with E-state index in [2.05, 4.69) is 0 Å². The molecule has 0 aliphatic heterocycles. The number of fused-ring (bicyclic) bond motifs is 1. The van der Waals surface area contributed by atoms with E-state index in [0.717, 1.165) is 0 Å². The maximum atomic E-state index is 11.0. The summed E-state index contributed by atoms with van der Waals surface area (Å²) in [7, 11) is -4.45. The molecule has 0 unspecified atom stereocenters. The number of anilines is 1. The smallest absolute Gasteiger partial charge is 0.744 e. The van der Waals surface area contributed by atoms with E-state index in [1.54, 1.807) is 24.3 Å². The number of nitrogens with two attached hydrogens (primary N) is 1. The van der Waals surface area contributed by atoms with Gasteiger partial charge in [-0.3, -0.25) is 0 Å². The molecular weight excluding hydrogens is 237 g/mol. The van der Waals surface area contributed by atoms with Crippen molar-refractivity contribution in [2.75, 3.05) is 5.73 Å². The Morgan fingerprint density at radius 2 is 1.56 bits per heavy atom. The molecule has 78 valence electrons. The molecule has 16 heavy (non-hydrogen) atoms. The first kappa shape index (κ1) is 13.5. The Morgan fingerprint density at radius 1 is 1.00 bits per heavy atom. The second kappa shape index (κ2) is 4.73. The van der Waals surface area contributed by atoms with Crippen molar-refractivity contribution in [1.82, 2.24) is 0 Å². The zero-order valence-corrected chi connectivity index (χ0v) is 11.5. The molecule has 0 heterocycles. The van der Waals surface area contributed by atoms with E-state index in [0.29, 0.717) is 16.5 Å². The minimum atomic E-state index is -4.45. The van der Waals surface area contributed by atoms with Crippen molar-refractivity contribution in [1.29, 1.82) is 0 Å². The fourth-order valence-electron chi connectivity index (χ4n) is 1.51. The minimum Gasteiger partial charge on any atom is -0.744 e. The van der Waals surface area contributed by atoms with Crippen molar-refractivity contribution in [2.45, 2.75) is 4.90 Å². The van der Waals surface area contributed by atoms with Gasteiger partial charge in [-0.25, -0.2) is 8.42 Å². The molecule has 0 amide bonds. The largest absolute Gasteiger partial charge is 1.00 e. The molecule has 2 rings (SSSR count). The predicted molar refractivity (Wildman–Crippen MR) is 56.3 cm³/mol. The van der Waals surface area contributed by atoms with Gasteiger partial charge in [0.2, 0.25) is 0 Å². The van der Waals surface area contributed by atoms with Gasteiger partial charge in [-0.15, -0.1) is 0 Å². The van der Waals surface area contributed by atoms with Crippen LogP contribution in [-0.4, -0.2) is 13.0 Å². The quantitative estimate of drug-likeness (QED) is 0.370. The molecule has 0 radical (unpaired) electrons. The zero-order chi connectivity index (χ0) is 11.1. The Bertz CT molecular complexity index is 625. The monoisotopic (exact) mass is 245 g/mol. The summed E-state index contributed by atoms with van der Waals surface area (Å²) < 4.78 is 32.9. The van der Waals surface area contributed by atoms with Gasteiger partial charge in [0.15, 0.2) is 0 Å². The fourth-order valence-corrected chi connectivity index (χ4v) is 2.19. The molecule has 0 spiro atoms. The van der Waals surface area contributed by atoms with Crippen LogP contribution >= 0.6 is 0 Å². The summed E-state index contributed by atoms with van der Waals surface area (Å²) in [6.07, 6.45) is 0. The van der Waals surface area contributed by atoms with Crippen molar-refractivity contribution >= 4 is 26.6 Å². The molecule has 2 aromatic carbocycles. The van der Waals surface area contributed by atoms with Crippen LogP contribution in [0.5, 0.6) is 0 Å². The molecular formula is C10H8NNaO3S. The molecule has 0 aromatic heterocycles. The van der Waals surface area contributed by atoms with Crippen molar-refractivity contribution in [3.63, 3.8) is 0 Å². The normalized spacial score (nSPS) is 11.1. The Kier molecular flexibility index (Phi) is 3.98. The van der Waals surface area contributed by atoms with Crippen molar-refractivity contribution in [3.8, 4) is 0 Å². The van der Waals surface area contributed by atoms with Crippen molar-refractivity contribution in [2.24, 2.45) is 0 Å². The number of hydrogen-bond donors (Lipinski definition) is 1. The van der Waals surface area contributed by atoms with Gasteiger partial charge in [0.25, 0.3) is 0 Å². The molecule has 0 atom stereocenters. The summed E-state index contributed by atoms with van der Waals surface area (Å²) in [5, 5.41) is 0.946. The molecule has 0 fully saturated rings. The average Bonchev–Trinajstić information content (AvgIpc) is 2.17. The van der Waals surface area contributed by atoms with E-state index >= 15 is 0 Å². The van der Waals surface area contributed by atoms with Gasteiger partial charge in [0.05, 0.1) is 4.90 Å². The van der Waals surface area contributed by atoms with Crippen LogP contribution in [0.15, 0.2) is 41.3 Å².